The van der Waals surface area contributed by atoms with Crippen molar-refractivity contribution in [1.29, 1.82) is 0 Å². The van der Waals surface area contributed by atoms with E-state index in [4.69, 9.17) is 0 Å². The topological polar surface area (TPSA) is 15.3 Å². The fourth-order valence-electron chi connectivity index (χ4n) is 3.62. The number of rotatable bonds is 1. The molecule has 0 aliphatic carbocycles. The number of hydrogen-bond acceptors (Lipinski definition) is 2. The Morgan fingerprint density at radius 1 is 1.00 bits per heavy atom. The maximum absolute atomic E-state index is 3.62. The number of nitrogens with zero attached hydrogens (tertiary/aromatic N) is 1. The standard InChI is InChI=1S/C18H20N2/c1-13-12-15-6-2-3-9-16(15)20(13)17-10-4-7-14-8-5-11-19-18(14)17/h2-4,6-7,9-10,13,19H,5,8,11-12H2,1H3. The van der Waals surface area contributed by atoms with Gasteiger partial charge in [-0.25, -0.2) is 0 Å². The lowest BCUT2D eigenvalue weighted by molar-refractivity contribution is 0.755. The van der Waals surface area contributed by atoms with E-state index in [2.05, 4.69) is 59.6 Å². The SMILES string of the molecule is CC1Cc2ccccc2N1c1cccc2c1NCCC2. The maximum Gasteiger partial charge on any atom is 0.0652 e. The number of aryl methyl sites for hydroxylation is 1. The summed E-state index contributed by atoms with van der Waals surface area (Å²) in [5, 5.41) is 3.62. The Kier molecular flexibility index (Phi) is 2.69. The van der Waals surface area contributed by atoms with Crippen LogP contribution in [0.15, 0.2) is 42.5 Å². The quantitative estimate of drug-likeness (QED) is 0.833. The van der Waals surface area contributed by atoms with Crippen molar-refractivity contribution in [2.45, 2.75) is 32.2 Å². The number of para-hydroxylation sites is 2. The molecule has 0 aromatic heterocycles. The summed E-state index contributed by atoms with van der Waals surface area (Å²) in [6.45, 7) is 3.41. The van der Waals surface area contributed by atoms with Crippen LogP contribution in [-0.4, -0.2) is 12.6 Å². The number of fused-ring (bicyclic) bond motifs is 2. The lowest BCUT2D eigenvalue weighted by Gasteiger charge is -2.30. The van der Waals surface area contributed by atoms with Gasteiger partial charge in [0.1, 0.15) is 0 Å². The molecule has 1 atom stereocenters. The molecule has 1 unspecified atom stereocenters. The van der Waals surface area contributed by atoms with Gasteiger partial charge in [0.2, 0.25) is 0 Å². The molecule has 2 heterocycles. The summed E-state index contributed by atoms with van der Waals surface area (Å²) in [6.07, 6.45) is 3.57. The molecule has 2 aromatic carbocycles. The third-order valence-electron chi connectivity index (χ3n) is 4.52. The number of benzene rings is 2. The molecule has 20 heavy (non-hydrogen) atoms. The number of nitrogens with one attached hydrogen (secondary N) is 1. The lowest BCUT2D eigenvalue weighted by atomic mass is 10.0. The minimum absolute atomic E-state index is 0.530. The van der Waals surface area contributed by atoms with Crippen LogP contribution in [0.3, 0.4) is 0 Å². The van der Waals surface area contributed by atoms with Gasteiger partial charge in [-0.05, 0) is 49.4 Å². The first-order chi connectivity index (χ1) is 9.84. The second-order valence-corrected chi connectivity index (χ2v) is 5.89. The molecule has 1 N–H and O–H groups in total. The van der Waals surface area contributed by atoms with E-state index in [-0.39, 0.29) is 0 Å². The Bertz CT molecular complexity index is 648. The molecule has 102 valence electrons. The Balaban J connectivity index is 1.86. The molecule has 0 saturated carbocycles. The van der Waals surface area contributed by atoms with Crippen LogP contribution in [0, 0.1) is 0 Å². The third kappa shape index (κ3) is 1.71. The highest BCUT2D eigenvalue weighted by Gasteiger charge is 2.29. The summed E-state index contributed by atoms with van der Waals surface area (Å²) < 4.78 is 0. The van der Waals surface area contributed by atoms with E-state index in [1.54, 1.807) is 0 Å². The van der Waals surface area contributed by atoms with Crippen LogP contribution in [0.5, 0.6) is 0 Å². The fraction of sp³-hybridized carbons (Fsp3) is 0.333. The Hall–Kier alpha value is -1.96. The van der Waals surface area contributed by atoms with E-state index in [9.17, 15) is 0 Å². The van der Waals surface area contributed by atoms with E-state index in [0.717, 1.165) is 13.0 Å². The third-order valence-corrected chi connectivity index (χ3v) is 4.52. The molecule has 2 aliphatic heterocycles. The van der Waals surface area contributed by atoms with E-state index in [0.29, 0.717) is 6.04 Å². The van der Waals surface area contributed by atoms with Gasteiger partial charge in [-0.15, -0.1) is 0 Å². The first-order valence-electron chi connectivity index (χ1n) is 7.57. The summed E-state index contributed by atoms with van der Waals surface area (Å²) in [6, 6.07) is 16.1. The maximum atomic E-state index is 3.62. The largest absolute Gasteiger partial charge is 0.383 e. The van der Waals surface area contributed by atoms with Crippen LogP contribution in [0.2, 0.25) is 0 Å². The molecule has 0 bridgehead atoms. The van der Waals surface area contributed by atoms with Crippen molar-refractivity contribution >= 4 is 17.1 Å². The summed E-state index contributed by atoms with van der Waals surface area (Å²) in [5.41, 5.74) is 7.00. The minimum Gasteiger partial charge on any atom is -0.383 e. The van der Waals surface area contributed by atoms with Crippen LogP contribution in [0.25, 0.3) is 0 Å². The molecule has 0 radical (unpaired) electrons. The van der Waals surface area contributed by atoms with Crippen molar-refractivity contribution < 1.29 is 0 Å². The molecule has 2 aliphatic rings. The predicted octanol–water partition coefficient (Wildman–Crippen LogP) is 4.13. The average Bonchev–Trinajstić information content (AvgIpc) is 2.82. The molecule has 0 saturated heterocycles. The van der Waals surface area contributed by atoms with Crippen LogP contribution in [0.1, 0.15) is 24.5 Å². The van der Waals surface area contributed by atoms with Crippen molar-refractivity contribution in [2.75, 3.05) is 16.8 Å². The van der Waals surface area contributed by atoms with Gasteiger partial charge in [-0.1, -0.05) is 30.3 Å². The van der Waals surface area contributed by atoms with E-state index in [1.807, 2.05) is 0 Å². The number of hydrogen-bond donors (Lipinski definition) is 1. The van der Waals surface area contributed by atoms with Crippen molar-refractivity contribution in [3.05, 3.63) is 53.6 Å². The molecule has 0 amide bonds. The monoisotopic (exact) mass is 264 g/mol. The highest BCUT2D eigenvalue weighted by Crippen LogP contribution is 2.43. The first kappa shape index (κ1) is 11.8. The van der Waals surface area contributed by atoms with Gasteiger partial charge in [0.25, 0.3) is 0 Å². The minimum atomic E-state index is 0.530. The van der Waals surface area contributed by atoms with Crippen molar-refractivity contribution in [1.82, 2.24) is 0 Å². The molecule has 4 rings (SSSR count). The number of anilines is 3. The zero-order valence-corrected chi connectivity index (χ0v) is 11.9. The normalized spacial score (nSPS) is 20.2. The van der Waals surface area contributed by atoms with Crippen molar-refractivity contribution in [2.24, 2.45) is 0 Å². The zero-order valence-electron chi connectivity index (χ0n) is 11.9. The van der Waals surface area contributed by atoms with Crippen LogP contribution < -0.4 is 10.2 Å². The van der Waals surface area contributed by atoms with Crippen LogP contribution in [0.4, 0.5) is 17.1 Å². The second kappa shape index (κ2) is 4.55. The van der Waals surface area contributed by atoms with E-state index < -0.39 is 0 Å². The van der Waals surface area contributed by atoms with Gasteiger partial charge >= 0.3 is 0 Å². The van der Waals surface area contributed by atoms with Gasteiger partial charge in [-0.2, -0.15) is 0 Å². The molecular formula is C18H20N2. The summed E-state index contributed by atoms with van der Waals surface area (Å²) in [5.74, 6) is 0. The van der Waals surface area contributed by atoms with E-state index >= 15 is 0 Å². The van der Waals surface area contributed by atoms with Gasteiger partial charge in [-0.3, -0.25) is 0 Å². The molecule has 2 aromatic rings. The highest BCUT2D eigenvalue weighted by molar-refractivity contribution is 5.82. The Morgan fingerprint density at radius 2 is 1.80 bits per heavy atom. The Labute approximate surface area is 120 Å². The van der Waals surface area contributed by atoms with Gasteiger partial charge in [0.15, 0.2) is 0 Å². The molecule has 2 nitrogen and oxygen atoms in total. The average molecular weight is 264 g/mol. The van der Waals surface area contributed by atoms with E-state index in [1.165, 1.54) is 41.0 Å². The Morgan fingerprint density at radius 3 is 2.75 bits per heavy atom. The lowest BCUT2D eigenvalue weighted by Crippen LogP contribution is -2.26. The van der Waals surface area contributed by atoms with Gasteiger partial charge in [0.05, 0.1) is 11.4 Å². The van der Waals surface area contributed by atoms with Crippen LogP contribution in [-0.2, 0) is 12.8 Å². The first-order valence-corrected chi connectivity index (χ1v) is 7.57. The smallest absolute Gasteiger partial charge is 0.0652 e. The summed E-state index contributed by atoms with van der Waals surface area (Å²) >= 11 is 0. The molecular weight excluding hydrogens is 244 g/mol. The van der Waals surface area contributed by atoms with Gasteiger partial charge in [0, 0.05) is 18.3 Å². The summed E-state index contributed by atoms with van der Waals surface area (Å²) in [4.78, 5) is 2.51. The highest BCUT2D eigenvalue weighted by atomic mass is 15.2. The van der Waals surface area contributed by atoms with Crippen molar-refractivity contribution in [3.8, 4) is 0 Å². The zero-order chi connectivity index (χ0) is 13.5. The fourth-order valence-corrected chi connectivity index (χ4v) is 3.62. The van der Waals surface area contributed by atoms with Gasteiger partial charge < -0.3 is 10.2 Å². The van der Waals surface area contributed by atoms with Crippen molar-refractivity contribution in [3.63, 3.8) is 0 Å². The second-order valence-electron chi connectivity index (χ2n) is 5.89. The predicted molar refractivity (Wildman–Crippen MR) is 85.0 cm³/mol. The molecule has 2 heteroatoms. The van der Waals surface area contributed by atoms with Crippen LogP contribution >= 0.6 is 0 Å². The molecule has 0 spiro atoms. The summed E-state index contributed by atoms with van der Waals surface area (Å²) in [7, 11) is 0. The molecule has 0 fully saturated rings.